The zero-order chi connectivity index (χ0) is 14.6. The van der Waals surface area contributed by atoms with E-state index in [-0.39, 0.29) is 6.61 Å². The molecule has 1 aliphatic heterocycles. The molecule has 1 rings (SSSR count). The molecule has 0 spiro atoms. The van der Waals surface area contributed by atoms with E-state index >= 15 is 0 Å². The molecular weight excluding hydrogens is 324 g/mol. The number of carbonyl (C=O) groups excluding carboxylic acids is 3. The molecule has 0 bridgehead atoms. The van der Waals surface area contributed by atoms with E-state index in [1.807, 2.05) is 0 Å². The van der Waals surface area contributed by atoms with Crippen LogP contribution in [0, 0.1) is 0 Å². The number of rotatable bonds is 3. The van der Waals surface area contributed by atoms with Crippen molar-refractivity contribution in [1.82, 2.24) is 0 Å². The minimum atomic E-state index is -0.913. The van der Waals surface area contributed by atoms with Crippen molar-refractivity contribution in [1.29, 1.82) is 0 Å². The number of hydrogen-bond donors (Lipinski definition) is 0. The van der Waals surface area contributed by atoms with Crippen LogP contribution in [0.3, 0.4) is 0 Å². The van der Waals surface area contributed by atoms with Crippen LogP contribution < -0.4 is 0 Å². The van der Waals surface area contributed by atoms with Crippen LogP contribution in [0.25, 0.3) is 0 Å². The highest BCUT2D eigenvalue weighted by Crippen LogP contribution is 2.27. The normalized spacial score (nSPS) is 30.3. The second kappa shape index (κ2) is 6.85. The predicted octanol–water partition coefficient (Wildman–Crippen LogP) is 0.533. The highest BCUT2D eigenvalue weighted by atomic mass is 79.9. The van der Waals surface area contributed by atoms with Crippen LogP contribution in [0.5, 0.6) is 0 Å². The summed E-state index contributed by atoms with van der Waals surface area (Å²) in [6.07, 6.45) is -2.62. The zero-order valence-corrected chi connectivity index (χ0v) is 12.3. The van der Waals surface area contributed by atoms with Gasteiger partial charge in [0.25, 0.3) is 0 Å². The van der Waals surface area contributed by atoms with Gasteiger partial charge in [0.15, 0.2) is 23.3 Å². The smallest absolute Gasteiger partial charge is 0.303 e. The summed E-state index contributed by atoms with van der Waals surface area (Å²) < 4.78 is 20.4. The fourth-order valence-corrected chi connectivity index (χ4v) is 2.26. The molecule has 0 unspecified atom stereocenters. The largest absolute Gasteiger partial charge is 0.456 e. The van der Waals surface area contributed by atoms with E-state index in [2.05, 4.69) is 15.9 Å². The second-order valence-corrected chi connectivity index (χ2v) is 4.88. The second-order valence-electron chi connectivity index (χ2n) is 3.98. The molecule has 0 aromatic heterocycles. The Bertz CT molecular complexity index is 370. The summed E-state index contributed by atoms with van der Waals surface area (Å²) in [4.78, 5) is 33.2. The number of carbonyl (C=O) groups is 3. The van der Waals surface area contributed by atoms with Crippen molar-refractivity contribution in [3.8, 4) is 0 Å². The van der Waals surface area contributed by atoms with E-state index in [9.17, 15) is 14.4 Å². The molecule has 1 aliphatic rings. The maximum Gasteiger partial charge on any atom is 0.303 e. The summed E-state index contributed by atoms with van der Waals surface area (Å²) in [6, 6.07) is 0. The summed E-state index contributed by atoms with van der Waals surface area (Å²) in [5, 5.41) is -0.646. The van der Waals surface area contributed by atoms with E-state index in [4.69, 9.17) is 18.9 Å². The fourth-order valence-electron chi connectivity index (χ4n) is 1.70. The summed E-state index contributed by atoms with van der Waals surface area (Å²) >= 11 is 3.18. The Morgan fingerprint density at radius 2 is 1.42 bits per heavy atom. The number of halogens is 1. The first-order valence-electron chi connectivity index (χ1n) is 5.58. The Labute approximate surface area is 118 Å². The van der Waals surface area contributed by atoms with E-state index in [1.165, 1.54) is 20.8 Å². The van der Waals surface area contributed by atoms with Gasteiger partial charge in [-0.2, -0.15) is 0 Å². The molecule has 0 aromatic carbocycles. The number of ether oxygens (including phenoxy) is 4. The van der Waals surface area contributed by atoms with Gasteiger partial charge in [-0.25, -0.2) is 0 Å². The lowest BCUT2D eigenvalue weighted by molar-refractivity contribution is -0.212. The third-order valence-electron chi connectivity index (χ3n) is 2.29. The third kappa shape index (κ3) is 4.79. The van der Waals surface area contributed by atoms with E-state index < -0.39 is 41.2 Å². The van der Waals surface area contributed by atoms with Gasteiger partial charge in [-0.15, -0.1) is 0 Å². The lowest BCUT2D eigenvalue weighted by atomic mass is 10.1. The van der Waals surface area contributed by atoms with Crippen LogP contribution in [-0.4, -0.2) is 47.8 Å². The van der Waals surface area contributed by atoms with Gasteiger partial charge in [-0.1, -0.05) is 15.9 Å². The molecule has 1 saturated heterocycles. The molecule has 7 nitrogen and oxygen atoms in total. The first-order valence-corrected chi connectivity index (χ1v) is 6.50. The van der Waals surface area contributed by atoms with Gasteiger partial charge in [-0.3, -0.25) is 14.4 Å². The molecule has 0 saturated carbocycles. The average molecular weight is 339 g/mol. The first kappa shape index (κ1) is 15.9. The van der Waals surface area contributed by atoms with Crippen LogP contribution in [0.15, 0.2) is 0 Å². The molecule has 1 heterocycles. The Morgan fingerprint density at radius 1 is 0.947 bits per heavy atom. The summed E-state index contributed by atoms with van der Waals surface area (Å²) in [6.45, 7) is 3.70. The van der Waals surface area contributed by atoms with Crippen LogP contribution in [-0.2, 0) is 33.3 Å². The number of esters is 3. The van der Waals surface area contributed by atoms with Gasteiger partial charge in [0.1, 0.15) is 0 Å². The topological polar surface area (TPSA) is 88.1 Å². The van der Waals surface area contributed by atoms with Crippen LogP contribution >= 0.6 is 15.9 Å². The quantitative estimate of drug-likeness (QED) is 0.421. The predicted molar refractivity (Wildman–Crippen MR) is 65.3 cm³/mol. The molecule has 0 aromatic rings. The molecule has 4 atom stereocenters. The molecule has 1 fully saturated rings. The van der Waals surface area contributed by atoms with Crippen molar-refractivity contribution in [3.05, 3.63) is 0 Å². The minimum Gasteiger partial charge on any atom is -0.456 e. The monoisotopic (exact) mass is 338 g/mol. The Hall–Kier alpha value is -1.15. The average Bonchev–Trinajstić information content (AvgIpc) is 2.25. The van der Waals surface area contributed by atoms with Gasteiger partial charge in [-0.05, 0) is 0 Å². The summed E-state index contributed by atoms with van der Waals surface area (Å²) in [5.41, 5.74) is 0. The van der Waals surface area contributed by atoms with Gasteiger partial charge in [0, 0.05) is 20.8 Å². The van der Waals surface area contributed by atoms with Crippen molar-refractivity contribution in [2.75, 3.05) is 6.61 Å². The van der Waals surface area contributed by atoms with Crippen molar-refractivity contribution >= 4 is 33.8 Å². The zero-order valence-electron chi connectivity index (χ0n) is 10.8. The summed E-state index contributed by atoms with van der Waals surface area (Å²) in [7, 11) is 0. The van der Waals surface area contributed by atoms with E-state index in [1.54, 1.807) is 0 Å². The van der Waals surface area contributed by atoms with Gasteiger partial charge in [0.2, 0.25) is 0 Å². The molecule has 108 valence electrons. The Balaban J connectivity index is 2.89. The van der Waals surface area contributed by atoms with Crippen LogP contribution in [0.2, 0.25) is 0 Å². The van der Waals surface area contributed by atoms with Crippen molar-refractivity contribution < 1.29 is 33.3 Å². The molecule has 8 heteroatoms. The summed E-state index contributed by atoms with van der Waals surface area (Å²) in [5.74, 6) is -1.67. The van der Waals surface area contributed by atoms with Crippen molar-refractivity contribution in [2.24, 2.45) is 0 Å². The molecule has 0 amide bonds. The lowest BCUT2D eigenvalue weighted by Crippen LogP contribution is -2.55. The van der Waals surface area contributed by atoms with Crippen LogP contribution in [0.1, 0.15) is 20.8 Å². The minimum absolute atomic E-state index is 0.0329. The Morgan fingerprint density at radius 3 is 1.89 bits per heavy atom. The van der Waals surface area contributed by atoms with Crippen molar-refractivity contribution in [3.63, 3.8) is 0 Å². The highest BCUT2D eigenvalue weighted by molar-refractivity contribution is 9.09. The highest BCUT2D eigenvalue weighted by Gasteiger charge is 2.45. The number of hydrogen-bond acceptors (Lipinski definition) is 7. The molecule has 0 N–H and O–H groups in total. The SMILES string of the molecule is CC(=O)O[C@@H]1[C@H](OC(C)=O)[C@H](Br)OC[C@H]1OC(C)=O. The van der Waals surface area contributed by atoms with Gasteiger partial charge >= 0.3 is 17.9 Å². The molecule has 0 radical (unpaired) electrons. The fraction of sp³-hybridized carbons (Fsp3) is 0.727. The number of alkyl halides is 1. The van der Waals surface area contributed by atoms with Gasteiger partial charge < -0.3 is 18.9 Å². The third-order valence-corrected chi connectivity index (χ3v) is 3.08. The standard InChI is InChI=1S/C11H15BrO7/c1-5(13)17-8-4-16-11(12)10(19-7(3)15)9(8)18-6(2)14/h8-11H,4H2,1-3H3/t8-,9+,10+,11-/m1/s1. The van der Waals surface area contributed by atoms with E-state index in [0.717, 1.165) is 0 Å². The maximum absolute atomic E-state index is 11.1. The molecule has 19 heavy (non-hydrogen) atoms. The first-order chi connectivity index (χ1) is 8.81. The molecular formula is C11H15BrO7. The molecule has 0 aliphatic carbocycles. The van der Waals surface area contributed by atoms with Crippen molar-refractivity contribution in [2.45, 2.75) is 44.1 Å². The van der Waals surface area contributed by atoms with Gasteiger partial charge in [0.05, 0.1) is 6.61 Å². The lowest BCUT2D eigenvalue weighted by Gasteiger charge is -2.38. The van der Waals surface area contributed by atoms with E-state index in [0.29, 0.717) is 0 Å². The maximum atomic E-state index is 11.1. The van der Waals surface area contributed by atoms with Crippen LogP contribution in [0.4, 0.5) is 0 Å². The Kier molecular flexibility index (Phi) is 5.74.